The molecule has 3 nitrogen and oxygen atoms in total. The van der Waals surface area contributed by atoms with E-state index in [9.17, 15) is 4.79 Å². The van der Waals surface area contributed by atoms with Gasteiger partial charge >= 0.3 is 0 Å². The topological polar surface area (TPSA) is 35.5 Å². The van der Waals surface area contributed by atoms with Gasteiger partial charge in [0.05, 0.1) is 13.2 Å². The Morgan fingerprint density at radius 1 is 1.21 bits per heavy atom. The second-order valence-electron chi connectivity index (χ2n) is 5.09. The predicted octanol–water partition coefficient (Wildman–Crippen LogP) is 3.61. The molecule has 0 unspecified atom stereocenters. The van der Waals surface area contributed by atoms with E-state index in [0.717, 1.165) is 31.6 Å². The Balaban J connectivity index is 2.03. The fraction of sp³-hybridized carbons (Fsp3) is 0.533. The van der Waals surface area contributed by atoms with Crippen molar-refractivity contribution in [3.05, 3.63) is 35.4 Å². The Hall–Kier alpha value is -0.840. The lowest BCUT2D eigenvalue weighted by molar-refractivity contribution is -0.235. The number of carbonyl (C=O) groups excluding carboxylic acids is 1. The number of hydrogen-bond acceptors (Lipinski definition) is 3. The predicted molar refractivity (Wildman–Crippen MR) is 77.4 cm³/mol. The van der Waals surface area contributed by atoms with Crippen LogP contribution in [-0.4, -0.2) is 18.3 Å². The fourth-order valence-corrected chi connectivity index (χ4v) is 2.38. The van der Waals surface area contributed by atoms with Crippen LogP contribution in [0.4, 0.5) is 0 Å². The molecule has 0 aromatic heterocycles. The van der Waals surface area contributed by atoms with Crippen molar-refractivity contribution < 1.29 is 14.3 Å². The summed E-state index contributed by atoms with van der Waals surface area (Å²) in [5.41, 5.74) is 1.68. The van der Waals surface area contributed by atoms with Crippen LogP contribution in [0.25, 0.3) is 0 Å². The van der Waals surface area contributed by atoms with Crippen molar-refractivity contribution in [3.63, 3.8) is 0 Å². The number of carbonyl (C=O) groups is 1. The average molecular weight is 280 g/mol. The maximum absolute atomic E-state index is 11.1. The summed E-state index contributed by atoms with van der Waals surface area (Å²) >= 11 is 3.80. The molecule has 0 amide bonds. The molecule has 0 atom stereocenters. The van der Waals surface area contributed by atoms with Gasteiger partial charge in [-0.1, -0.05) is 38.1 Å². The highest BCUT2D eigenvalue weighted by Gasteiger charge is 2.34. The molecule has 104 valence electrons. The van der Waals surface area contributed by atoms with E-state index in [1.165, 1.54) is 0 Å². The minimum absolute atomic E-state index is 0.150. The maximum Gasteiger partial charge on any atom is 0.216 e. The fourth-order valence-electron chi connectivity index (χ4n) is 2.23. The molecule has 4 heteroatoms. The van der Waals surface area contributed by atoms with Crippen molar-refractivity contribution in [1.82, 2.24) is 0 Å². The Labute approximate surface area is 119 Å². The van der Waals surface area contributed by atoms with Gasteiger partial charge < -0.3 is 9.47 Å². The molecule has 1 saturated heterocycles. The zero-order valence-electron chi connectivity index (χ0n) is 11.4. The van der Waals surface area contributed by atoms with Crippen LogP contribution < -0.4 is 0 Å². The summed E-state index contributed by atoms with van der Waals surface area (Å²) in [6, 6.07) is 7.22. The molecule has 1 aliphatic heterocycles. The Kier molecular flexibility index (Phi) is 4.66. The number of rotatable bonds is 4. The Morgan fingerprint density at radius 3 is 2.16 bits per heavy atom. The third kappa shape index (κ3) is 3.19. The third-order valence-corrected chi connectivity index (χ3v) is 4.27. The van der Waals surface area contributed by atoms with E-state index in [4.69, 9.17) is 9.47 Å². The minimum atomic E-state index is -0.324. The summed E-state index contributed by atoms with van der Waals surface area (Å²) < 4.78 is 11.7. The maximum atomic E-state index is 11.1. The van der Waals surface area contributed by atoms with Gasteiger partial charge in [0.1, 0.15) is 0 Å². The molecular formula is C15H20O3S. The van der Waals surface area contributed by atoms with Crippen LogP contribution in [-0.2, 0) is 9.47 Å². The van der Waals surface area contributed by atoms with Crippen molar-refractivity contribution in [3.8, 4) is 0 Å². The van der Waals surface area contributed by atoms with E-state index in [1.54, 1.807) is 12.1 Å². The molecule has 1 heterocycles. The van der Waals surface area contributed by atoms with Crippen molar-refractivity contribution in [2.24, 2.45) is 5.41 Å². The summed E-state index contributed by atoms with van der Waals surface area (Å²) in [6.07, 6.45) is 1.79. The van der Waals surface area contributed by atoms with Crippen LogP contribution in [0.3, 0.4) is 0 Å². The molecule has 1 aliphatic rings. The molecule has 1 aromatic carbocycles. The van der Waals surface area contributed by atoms with Crippen molar-refractivity contribution >= 4 is 17.7 Å². The highest BCUT2D eigenvalue weighted by Crippen LogP contribution is 2.36. The van der Waals surface area contributed by atoms with Crippen LogP contribution in [0.15, 0.2) is 24.3 Å². The van der Waals surface area contributed by atoms with Crippen LogP contribution in [0.1, 0.15) is 48.9 Å². The van der Waals surface area contributed by atoms with Crippen LogP contribution in [0.2, 0.25) is 0 Å². The van der Waals surface area contributed by atoms with E-state index in [2.05, 4.69) is 26.5 Å². The molecular weight excluding hydrogens is 260 g/mol. The standard InChI is InChI=1S/C15H20O3S/c1-3-15(4-2)9-17-14(18-10-15)12-7-5-11(6-8-12)13(16)19/h5-8,14H,3-4,9-10H2,1-2H3,(H,16,19). The number of benzene rings is 1. The van der Waals surface area contributed by atoms with E-state index >= 15 is 0 Å². The molecule has 0 N–H and O–H groups in total. The summed E-state index contributed by atoms with van der Waals surface area (Å²) in [4.78, 5) is 11.1. The molecule has 1 aromatic rings. The highest BCUT2D eigenvalue weighted by molar-refractivity contribution is 7.97. The lowest BCUT2D eigenvalue weighted by Crippen LogP contribution is -2.37. The van der Waals surface area contributed by atoms with Crippen LogP contribution in [0.5, 0.6) is 0 Å². The first-order valence-electron chi connectivity index (χ1n) is 6.66. The van der Waals surface area contributed by atoms with Gasteiger partial charge in [0.25, 0.3) is 0 Å². The van der Waals surface area contributed by atoms with Gasteiger partial charge in [0, 0.05) is 16.5 Å². The molecule has 19 heavy (non-hydrogen) atoms. The highest BCUT2D eigenvalue weighted by atomic mass is 32.1. The number of ether oxygens (including phenoxy) is 2. The smallest absolute Gasteiger partial charge is 0.216 e. The van der Waals surface area contributed by atoms with E-state index < -0.39 is 0 Å². The van der Waals surface area contributed by atoms with Crippen LogP contribution >= 0.6 is 12.6 Å². The second-order valence-corrected chi connectivity index (χ2v) is 5.49. The monoisotopic (exact) mass is 280 g/mol. The van der Waals surface area contributed by atoms with Gasteiger partial charge in [-0.15, -0.1) is 12.6 Å². The molecule has 0 spiro atoms. The average Bonchev–Trinajstić information content (AvgIpc) is 2.47. The van der Waals surface area contributed by atoms with Gasteiger partial charge in [-0.3, -0.25) is 4.79 Å². The van der Waals surface area contributed by atoms with Gasteiger partial charge in [0.15, 0.2) is 6.29 Å². The summed E-state index contributed by atoms with van der Waals surface area (Å²) in [5, 5.41) is -0.229. The Bertz CT molecular complexity index is 427. The second kappa shape index (κ2) is 6.07. The zero-order valence-corrected chi connectivity index (χ0v) is 12.3. The minimum Gasteiger partial charge on any atom is -0.348 e. The Morgan fingerprint density at radius 2 is 1.74 bits per heavy atom. The first-order valence-corrected chi connectivity index (χ1v) is 7.11. The van der Waals surface area contributed by atoms with E-state index in [-0.39, 0.29) is 16.8 Å². The SMILES string of the molecule is CCC1(CC)COC(c2ccc(C(=O)S)cc2)OC1. The molecule has 1 fully saturated rings. The molecule has 0 bridgehead atoms. The van der Waals surface area contributed by atoms with Gasteiger partial charge in [-0.25, -0.2) is 0 Å². The normalized spacial score (nSPS) is 19.3. The van der Waals surface area contributed by atoms with E-state index in [0.29, 0.717) is 5.56 Å². The van der Waals surface area contributed by atoms with Crippen molar-refractivity contribution in [1.29, 1.82) is 0 Å². The molecule has 2 rings (SSSR count). The summed E-state index contributed by atoms with van der Waals surface area (Å²) in [7, 11) is 0. The van der Waals surface area contributed by atoms with Crippen molar-refractivity contribution in [2.75, 3.05) is 13.2 Å². The quantitative estimate of drug-likeness (QED) is 0.856. The molecule has 0 radical (unpaired) electrons. The van der Waals surface area contributed by atoms with Gasteiger partial charge in [-0.2, -0.15) is 0 Å². The largest absolute Gasteiger partial charge is 0.348 e. The number of hydrogen-bond donors (Lipinski definition) is 1. The summed E-state index contributed by atoms with van der Waals surface area (Å²) in [6.45, 7) is 5.78. The zero-order chi connectivity index (χ0) is 13.9. The molecule has 0 saturated carbocycles. The number of thiol groups is 1. The molecule has 0 aliphatic carbocycles. The van der Waals surface area contributed by atoms with Crippen molar-refractivity contribution in [2.45, 2.75) is 33.0 Å². The first kappa shape index (κ1) is 14.6. The van der Waals surface area contributed by atoms with E-state index in [1.807, 2.05) is 12.1 Å². The lowest BCUT2D eigenvalue weighted by atomic mass is 9.83. The lowest BCUT2D eigenvalue weighted by Gasteiger charge is -2.39. The first-order chi connectivity index (χ1) is 9.10. The van der Waals surface area contributed by atoms with Crippen LogP contribution in [0, 0.1) is 5.41 Å². The van der Waals surface area contributed by atoms with Gasteiger partial charge in [-0.05, 0) is 12.8 Å². The summed E-state index contributed by atoms with van der Waals surface area (Å²) in [5.74, 6) is 0. The third-order valence-electron chi connectivity index (χ3n) is 4.01. The van der Waals surface area contributed by atoms with Gasteiger partial charge in [0.2, 0.25) is 5.12 Å².